The van der Waals surface area contributed by atoms with Crippen LogP contribution in [0.1, 0.15) is 10.4 Å². The minimum atomic E-state index is -3.87. The van der Waals surface area contributed by atoms with Crippen molar-refractivity contribution in [3.63, 3.8) is 0 Å². The van der Waals surface area contributed by atoms with E-state index in [0.29, 0.717) is 0 Å². The number of hydrogen-bond donors (Lipinski definition) is 3. The molecule has 0 aliphatic heterocycles. The second-order valence-corrected chi connectivity index (χ2v) is 4.69. The first kappa shape index (κ1) is 11.9. The number of hydrogen-bond acceptors (Lipinski definition) is 4. The highest BCUT2D eigenvalue weighted by Crippen LogP contribution is 2.20. The molecule has 0 fully saturated rings. The van der Waals surface area contributed by atoms with Gasteiger partial charge in [-0.1, -0.05) is 11.6 Å². The van der Waals surface area contributed by atoms with Crippen LogP contribution in [0, 0.1) is 0 Å². The van der Waals surface area contributed by atoms with E-state index >= 15 is 0 Å². The molecule has 4 N–H and O–H groups in total. The topological polar surface area (TPSA) is 109 Å². The van der Waals surface area contributed by atoms with Crippen molar-refractivity contribution in [2.75, 3.05) is 0 Å². The van der Waals surface area contributed by atoms with Crippen molar-refractivity contribution >= 4 is 27.6 Å². The van der Waals surface area contributed by atoms with Gasteiger partial charge in [0, 0.05) is 0 Å². The summed E-state index contributed by atoms with van der Waals surface area (Å²) in [6.45, 7) is 0. The SMILES string of the molecule is NNS(=O)(=O)c1ccc(Cl)c(C(=O)O)c1. The number of carboxylic acid groups (broad SMARTS) is 1. The predicted octanol–water partition coefficient (Wildman–Crippen LogP) is 0.190. The van der Waals surface area contributed by atoms with E-state index in [9.17, 15) is 13.2 Å². The van der Waals surface area contributed by atoms with E-state index < -0.39 is 16.0 Å². The number of rotatable bonds is 3. The zero-order chi connectivity index (χ0) is 11.6. The van der Waals surface area contributed by atoms with Crippen LogP contribution in [0.25, 0.3) is 0 Å². The first-order valence-corrected chi connectivity index (χ1v) is 5.50. The molecule has 0 aromatic heterocycles. The Morgan fingerprint density at radius 1 is 1.47 bits per heavy atom. The molecule has 1 rings (SSSR count). The van der Waals surface area contributed by atoms with Crippen molar-refractivity contribution in [2.24, 2.45) is 5.84 Å². The molecule has 0 aliphatic carbocycles. The van der Waals surface area contributed by atoms with Gasteiger partial charge in [-0.2, -0.15) is 4.83 Å². The first-order valence-electron chi connectivity index (χ1n) is 3.64. The third-order valence-electron chi connectivity index (χ3n) is 1.63. The lowest BCUT2D eigenvalue weighted by Gasteiger charge is -2.04. The third-order valence-corrected chi connectivity index (χ3v) is 3.15. The fraction of sp³-hybridized carbons (Fsp3) is 0. The van der Waals surface area contributed by atoms with E-state index in [1.165, 1.54) is 6.07 Å². The van der Waals surface area contributed by atoms with Crippen LogP contribution in [0.3, 0.4) is 0 Å². The standard InChI is InChI=1S/C7H7ClN2O4S/c8-6-2-1-4(15(13,14)10-9)3-5(6)7(11)12/h1-3,10H,9H2,(H,11,12). The molecule has 15 heavy (non-hydrogen) atoms. The van der Waals surface area contributed by atoms with Crippen LogP contribution in [-0.2, 0) is 10.0 Å². The molecule has 0 radical (unpaired) electrons. The summed E-state index contributed by atoms with van der Waals surface area (Å²) in [5.41, 5.74) is -0.298. The smallest absolute Gasteiger partial charge is 0.337 e. The van der Waals surface area contributed by atoms with Gasteiger partial charge in [0.15, 0.2) is 0 Å². The number of hydrazine groups is 1. The second-order valence-electron chi connectivity index (χ2n) is 2.57. The largest absolute Gasteiger partial charge is 0.478 e. The molecule has 0 unspecified atom stereocenters. The Balaban J connectivity index is 3.38. The maximum atomic E-state index is 11.2. The van der Waals surface area contributed by atoms with Crippen molar-refractivity contribution in [2.45, 2.75) is 4.90 Å². The maximum absolute atomic E-state index is 11.2. The molecule has 0 amide bonds. The van der Waals surface area contributed by atoms with Gasteiger partial charge in [0.1, 0.15) is 0 Å². The van der Waals surface area contributed by atoms with E-state index in [4.69, 9.17) is 22.6 Å². The van der Waals surface area contributed by atoms with Gasteiger partial charge in [0.25, 0.3) is 10.0 Å². The molecule has 8 heteroatoms. The summed E-state index contributed by atoms with van der Waals surface area (Å²) in [5, 5.41) is 8.65. The van der Waals surface area contributed by atoms with E-state index in [-0.39, 0.29) is 15.5 Å². The number of sulfonamides is 1. The minimum Gasteiger partial charge on any atom is -0.478 e. The van der Waals surface area contributed by atoms with Gasteiger partial charge < -0.3 is 5.11 Å². The van der Waals surface area contributed by atoms with Gasteiger partial charge in [-0.25, -0.2) is 13.2 Å². The highest BCUT2D eigenvalue weighted by atomic mass is 35.5. The van der Waals surface area contributed by atoms with Crippen molar-refractivity contribution in [3.05, 3.63) is 28.8 Å². The summed E-state index contributed by atoms with van der Waals surface area (Å²) in [5.74, 6) is 3.47. The highest BCUT2D eigenvalue weighted by Gasteiger charge is 2.16. The molecule has 0 aliphatic rings. The van der Waals surface area contributed by atoms with Crippen molar-refractivity contribution < 1.29 is 18.3 Å². The van der Waals surface area contributed by atoms with Crippen molar-refractivity contribution in [1.29, 1.82) is 0 Å². The van der Waals surface area contributed by atoms with Gasteiger partial charge >= 0.3 is 5.97 Å². The lowest BCUT2D eigenvalue weighted by Crippen LogP contribution is -2.30. The molecule has 0 heterocycles. The minimum absolute atomic E-state index is 0.0431. The fourth-order valence-electron chi connectivity index (χ4n) is 0.903. The third kappa shape index (κ3) is 2.45. The summed E-state index contributed by atoms with van der Waals surface area (Å²) in [7, 11) is -3.87. The van der Waals surface area contributed by atoms with Gasteiger partial charge in [0.05, 0.1) is 15.5 Å². The average Bonchev–Trinajstić information content (AvgIpc) is 2.17. The molecular formula is C7H7ClN2O4S. The van der Waals surface area contributed by atoms with Crippen LogP contribution in [0.5, 0.6) is 0 Å². The molecule has 82 valence electrons. The van der Waals surface area contributed by atoms with Gasteiger partial charge in [-0.15, -0.1) is 0 Å². The van der Waals surface area contributed by atoms with Crippen LogP contribution >= 0.6 is 11.6 Å². The van der Waals surface area contributed by atoms with Crippen LogP contribution in [0.2, 0.25) is 5.02 Å². The summed E-state index contributed by atoms with van der Waals surface area (Å²) < 4.78 is 22.4. The monoisotopic (exact) mass is 250 g/mol. The van der Waals surface area contributed by atoms with Crippen LogP contribution in [-0.4, -0.2) is 19.5 Å². The van der Waals surface area contributed by atoms with Gasteiger partial charge in [-0.05, 0) is 18.2 Å². The van der Waals surface area contributed by atoms with Crippen molar-refractivity contribution in [3.8, 4) is 0 Å². The summed E-state index contributed by atoms with van der Waals surface area (Å²) in [6.07, 6.45) is 0. The van der Waals surface area contributed by atoms with E-state index in [0.717, 1.165) is 12.1 Å². The zero-order valence-corrected chi connectivity index (χ0v) is 8.84. The number of carboxylic acids is 1. The van der Waals surface area contributed by atoms with Gasteiger partial charge in [-0.3, -0.25) is 5.84 Å². The summed E-state index contributed by atoms with van der Waals surface area (Å²) >= 11 is 5.56. The predicted molar refractivity (Wildman–Crippen MR) is 52.9 cm³/mol. The summed E-state index contributed by atoms with van der Waals surface area (Å²) in [6, 6.07) is 3.26. The molecular weight excluding hydrogens is 244 g/mol. The number of halogens is 1. The Kier molecular flexibility index (Phi) is 3.30. The Labute approximate surface area is 90.7 Å². The number of carbonyl (C=O) groups is 1. The Bertz CT molecular complexity index is 500. The lowest BCUT2D eigenvalue weighted by molar-refractivity contribution is 0.0697. The highest BCUT2D eigenvalue weighted by molar-refractivity contribution is 7.89. The second kappa shape index (κ2) is 4.15. The van der Waals surface area contributed by atoms with Crippen molar-refractivity contribution in [1.82, 2.24) is 4.83 Å². The molecule has 6 nitrogen and oxygen atoms in total. The normalized spacial score (nSPS) is 11.3. The molecule has 0 atom stereocenters. The van der Waals surface area contributed by atoms with E-state index in [2.05, 4.69) is 0 Å². The molecule has 1 aromatic rings. The number of nitrogens with two attached hydrogens (primary N) is 1. The maximum Gasteiger partial charge on any atom is 0.337 e. The fourth-order valence-corrected chi connectivity index (χ4v) is 1.76. The molecule has 0 saturated carbocycles. The Morgan fingerprint density at radius 3 is 2.53 bits per heavy atom. The van der Waals surface area contributed by atoms with E-state index in [1.54, 1.807) is 4.83 Å². The summed E-state index contributed by atoms with van der Waals surface area (Å²) in [4.78, 5) is 12.0. The number of aromatic carboxylic acids is 1. The molecule has 0 bridgehead atoms. The number of benzene rings is 1. The zero-order valence-electron chi connectivity index (χ0n) is 7.27. The molecule has 0 spiro atoms. The average molecular weight is 251 g/mol. The van der Waals surface area contributed by atoms with Crippen LogP contribution in [0.4, 0.5) is 0 Å². The first-order chi connectivity index (χ1) is 6.88. The molecule has 1 aromatic carbocycles. The van der Waals surface area contributed by atoms with Gasteiger partial charge in [0.2, 0.25) is 0 Å². The van der Waals surface area contributed by atoms with Crippen LogP contribution < -0.4 is 10.7 Å². The Hall–Kier alpha value is -1.15. The lowest BCUT2D eigenvalue weighted by atomic mass is 10.2. The van der Waals surface area contributed by atoms with E-state index in [1.807, 2.05) is 0 Å². The molecule has 0 saturated heterocycles. The Morgan fingerprint density at radius 2 is 2.07 bits per heavy atom. The quantitative estimate of drug-likeness (QED) is 0.524. The van der Waals surface area contributed by atoms with Crippen LogP contribution in [0.15, 0.2) is 23.1 Å². The number of nitrogens with one attached hydrogen (secondary N) is 1.